The Morgan fingerprint density at radius 1 is 1.22 bits per heavy atom. The maximum atomic E-state index is 12.4. The minimum absolute atomic E-state index is 0.0278. The van der Waals surface area contributed by atoms with Crippen molar-refractivity contribution < 1.29 is 23.1 Å². The number of urea groups is 1. The Morgan fingerprint density at radius 3 is 2.39 bits per heavy atom. The van der Waals surface area contributed by atoms with Gasteiger partial charge in [-0.3, -0.25) is 0 Å². The third-order valence-corrected chi connectivity index (χ3v) is 4.24. The van der Waals surface area contributed by atoms with Crippen molar-refractivity contribution in [2.75, 3.05) is 11.9 Å². The molecule has 0 spiro atoms. The third-order valence-electron chi connectivity index (χ3n) is 3.12. The molecule has 0 aliphatic carbocycles. The van der Waals surface area contributed by atoms with E-state index in [1.807, 2.05) is 5.38 Å². The van der Waals surface area contributed by atoms with Gasteiger partial charge in [0.1, 0.15) is 5.60 Å². The number of amides is 2. The number of rotatable bonds is 4. The fraction of sp³-hybridized carbons (Fsp3) is 0.267. The van der Waals surface area contributed by atoms with Crippen molar-refractivity contribution in [3.8, 4) is 0 Å². The molecule has 1 unspecified atom stereocenters. The summed E-state index contributed by atoms with van der Waals surface area (Å²) in [5.74, 6) is 0. The van der Waals surface area contributed by atoms with Crippen molar-refractivity contribution in [2.45, 2.75) is 18.7 Å². The Balaban J connectivity index is 1.90. The molecule has 8 heteroatoms. The van der Waals surface area contributed by atoms with Gasteiger partial charge in [-0.05, 0) is 42.6 Å². The number of nitrogens with one attached hydrogen (secondary N) is 2. The van der Waals surface area contributed by atoms with E-state index in [1.54, 1.807) is 19.1 Å². The zero-order chi connectivity index (χ0) is 17.1. The molecule has 2 aromatic rings. The molecule has 4 nitrogen and oxygen atoms in total. The number of thiophene rings is 1. The van der Waals surface area contributed by atoms with E-state index in [0.717, 1.165) is 12.1 Å². The van der Waals surface area contributed by atoms with Gasteiger partial charge >= 0.3 is 12.2 Å². The summed E-state index contributed by atoms with van der Waals surface area (Å²) in [6.45, 7) is 1.54. The van der Waals surface area contributed by atoms with Gasteiger partial charge in [0.05, 0.1) is 12.1 Å². The molecule has 0 saturated carbocycles. The predicted molar refractivity (Wildman–Crippen MR) is 82.4 cm³/mol. The van der Waals surface area contributed by atoms with Crippen LogP contribution in [0.25, 0.3) is 0 Å². The molecule has 23 heavy (non-hydrogen) atoms. The van der Waals surface area contributed by atoms with Gasteiger partial charge in [0.25, 0.3) is 0 Å². The van der Waals surface area contributed by atoms with Crippen molar-refractivity contribution in [1.29, 1.82) is 0 Å². The van der Waals surface area contributed by atoms with Gasteiger partial charge in [0, 0.05) is 10.6 Å². The zero-order valence-corrected chi connectivity index (χ0v) is 13.0. The monoisotopic (exact) mass is 344 g/mol. The first kappa shape index (κ1) is 17.3. The molecule has 1 aromatic carbocycles. The lowest BCUT2D eigenvalue weighted by atomic mass is 10.1. The van der Waals surface area contributed by atoms with Gasteiger partial charge < -0.3 is 15.7 Å². The highest BCUT2D eigenvalue weighted by molar-refractivity contribution is 7.10. The highest BCUT2D eigenvalue weighted by Gasteiger charge is 2.30. The van der Waals surface area contributed by atoms with Gasteiger partial charge in [0.2, 0.25) is 0 Å². The summed E-state index contributed by atoms with van der Waals surface area (Å²) in [7, 11) is 0. The van der Waals surface area contributed by atoms with E-state index in [4.69, 9.17) is 0 Å². The molecule has 0 aliphatic heterocycles. The summed E-state index contributed by atoms with van der Waals surface area (Å²) >= 11 is 1.36. The van der Waals surface area contributed by atoms with Gasteiger partial charge in [0.15, 0.2) is 0 Å². The van der Waals surface area contributed by atoms with Crippen molar-refractivity contribution in [2.24, 2.45) is 0 Å². The lowest BCUT2D eigenvalue weighted by Gasteiger charge is -2.22. The second-order valence-electron chi connectivity index (χ2n) is 5.13. The number of anilines is 1. The summed E-state index contributed by atoms with van der Waals surface area (Å²) in [5, 5.41) is 17.0. The van der Waals surface area contributed by atoms with Crippen LogP contribution in [0, 0.1) is 0 Å². The summed E-state index contributed by atoms with van der Waals surface area (Å²) < 4.78 is 37.3. The number of hydrogen-bond acceptors (Lipinski definition) is 3. The Kier molecular flexibility index (Phi) is 4.96. The molecule has 3 N–H and O–H groups in total. The lowest BCUT2D eigenvalue weighted by molar-refractivity contribution is -0.137. The van der Waals surface area contributed by atoms with E-state index < -0.39 is 23.4 Å². The number of aliphatic hydroxyl groups is 1. The fourth-order valence-corrected chi connectivity index (χ4v) is 2.63. The van der Waals surface area contributed by atoms with Gasteiger partial charge in [-0.25, -0.2) is 4.79 Å². The largest absolute Gasteiger partial charge is 0.416 e. The highest BCUT2D eigenvalue weighted by Crippen LogP contribution is 2.29. The van der Waals surface area contributed by atoms with Crippen molar-refractivity contribution in [1.82, 2.24) is 5.32 Å². The number of hydrogen-bond donors (Lipinski definition) is 3. The lowest BCUT2D eigenvalue weighted by Crippen LogP contribution is -2.40. The molecule has 0 radical (unpaired) electrons. The summed E-state index contributed by atoms with van der Waals surface area (Å²) in [6, 6.07) is 7.03. The van der Waals surface area contributed by atoms with Crippen molar-refractivity contribution in [3.63, 3.8) is 0 Å². The Bertz CT molecular complexity index is 652. The smallest absolute Gasteiger partial charge is 0.383 e. The van der Waals surface area contributed by atoms with E-state index in [-0.39, 0.29) is 12.2 Å². The Morgan fingerprint density at radius 2 is 1.87 bits per heavy atom. The second kappa shape index (κ2) is 6.59. The molecule has 0 saturated heterocycles. The minimum Gasteiger partial charge on any atom is -0.383 e. The van der Waals surface area contributed by atoms with Crippen LogP contribution in [0.3, 0.4) is 0 Å². The van der Waals surface area contributed by atoms with Crippen LogP contribution in [0.15, 0.2) is 41.8 Å². The van der Waals surface area contributed by atoms with E-state index in [2.05, 4.69) is 10.6 Å². The average molecular weight is 344 g/mol. The second-order valence-corrected chi connectivity index (χ2v) is 6.08. The third kappa shape index (κ3) is 4.70. The standard InChI is InChI=1S/C15H15F3N2O2S/c1-14(22,12-3-2-8-23-12)9-19-13(21)20-11-6-4-10(5-7-11)15(16,17)18/h2-8,22H,9H2,1H3,(H2,19,20,21). The number of halogens is 3. The molecular formula is C15H15F3N2O2S. The molecule has 1 atom stereocenters. The van der Waals surface area contributed by atoms with Crippen LogP contribution in [0.5, 0.6) is 0 Å². The maximum absolute atomic E-state index is 12.4. The van der Waals surface area contributed by atoms with Gasteiger partial charge in [-0.2, -0.15) is 13.2 Å². The molecule has 2 amide bonds. The van der Waals surface area contributed by atoms with Crippen LogP contribution in [-0.2, 0) is 11.8 Å². The van der Waals surface area contributed by atoms with Crippen LogP contribution in [0.1, 0.15) is 17.4 Å². The Hall–Kier alpha value is -2.06. The number of carbonyl (C=O) groups is 1. The quantitative estimate of drug-likeness (QED) is 0.790. The van der Waals surface area contributed by atoms with Crippen LogP contribution < -0.4 is 10.6 Å². The normalized spacial score (nSPS) is 14.1. The molecule has 0 aliphatic rings. The molecule has 0 bridgehead atoms. The SMILES string of the molecule is CC(O)(CNC(=O)Nc1ccc(C(F)(F)F)cc1)c1cccs1. The topological polar surface area (TPSA) is 61.4 Å². The van der Waals surface area contributed by atoms with Gasteiger partial charge in [-0.15, -0.1) is 11.3 Å². The first-order valence-electron chi connectivity index (χ1n) is 6.67. The fourth-order valence-electron chi connectivity index (χ4n) is 1.84. The average Bonchev–Trinajstić information content (AvgIpc) is 3.00. The number of carbonyl (C=O) groups excluding carboxylic acids is 1. The summed E-state index contributed by atoms with van der Waals surface area (Å²) in [5.41, 5.74) is -1.78. The van der Waals surface area contributed by atoms with E-state index in [0.29, 0.717) is 4.88 Å². The van der Waals surface area contributed by atoms with Crippen LogP contribution >= 0.6 is 11.3 Å². The van der Waals surface area contributed by atoms with E-state index in [1.165, 1.54) is 23.5 Å². The van der Waals surface area contributed by atoms with Crippen molar-refractivity contribution >= 4 is 23.1 Å². The molecule has 1 heterocycles. The summed E-state index contributed by atoms with van der Waals surface area (Å²) in [4.78, 5) is 12.5. The molecule has 2 rings (SSSR count). The highest BCUT2D eigenvalue weighted by atomic mass is 32.1. The predicted octanol–water partition coefficient (Wildman–Crippen LogP) is 3.80. The first-order chi connectivity index (χ1) is 10.7. The molecule has 124 valence electrons. The maximum Gasteiger partial charge on any atom is 0.416 e. The molecule has 0 fully saturated rings. The Labute approximate surface area is 135 Å². The van der Waals surface area contributed by atoms with Gasteiger partial charge in [-0.1, -0.05) is 6.07 Å². The number of alkyl halides is 3. The minimum atomic E-state index is -4.42. The zero-order valence-electron chi connectivity index (χ0n) is 12.1. The first-order valence-corrected chi connectivity index (χ1v) is 7.55. The van der Waals surface area contributed by atoms with E-state index in [9.17, 15) is 23.1 Å². The van der Waals surface area contributed by atoms with Crippen molar-refractivity contribution in [3.05, 3.63) is 52.2 Å². The molecular weight excluding hydrogens is 329 g/mol. The van der Waals surface area contributed by atoms with Crippen LogP contribution in [0.2, 0.25) is 0 Å². The van der Waals surface area contributed by atoms with Crippen LogP contribution in [-0.4, -0.2) is 17.7 Å². The van der Waals surface area contributed by atoms with E-state index >= 15 is 0 Å². The summed E-state index contributed by atoms with van der Waals surface area (Å²) in [6.07, 6.45) is -4.42. The molecule has 1 aromatic heterocycles. The van der Waals surface area contributed by atoms with Crippen LogP contribution in [0.4, 0.5) is 23.7 Å². The number of benzene rings is 1.